The molecule has 0 fully saturated rings. The quantitative estimate of drug-likeness (QED) is 0.580. The molecule has 0 bridgehead atoms. The van der Waals surface area contributed by atoms with Gasteiger partial charge in [-0.05, 0) is 0 Å². The van der Waals surface area contributed by atoms with Crippen molar-refractivity contribution in [3.63, 3.8) is 0 Å². The largest absolute Gasteiger partial charge is 0.383 e. The maximum atomic E-state index is 10.7. The fourth-order valence-electron chi connectivity index (χ4n) is 0.485. The summed E-state index contributed by atoms with van der Waals surface area (Å²) in [4.78, 5) is 0. The molecule has 0 aliphatic carbocycles. The van der Waals surface area contributed by atoms with E-state index in [0.717, 1.165) is 0 Å². The van der Waals surface area contributed by atoms with E-state index in [9.17, 15) is 4.21 Å². The van der Waals surface area contributed by atoms with E-state index in [-0.39, 0.29) is 5.25 Å². The fourth-order valence-corrected chi connectivity index (χ4v) is 1.08. The summed E-state index contributed by atoms with van der Waals surface area (Å²) in [7, 11) is 0.726. The first-order valence-electron chi connectivity index (χ1n) is 2.73. The number of ether oxygens (including phenoxy) is 1. The Morgan fingerprint density at radius 1 is 1.78 bits per heavy atom. The van der Waals surface area contributed by atoms with E-state index in [2.05, 4.69) is 0 Å². The van der Waals surface area contributed by atoms with Crippen molar-refractivity contribution in [1.29, 1.82) is 0 Å². The third kappa shape index (κ3) is 3.61. The molecule has 2 unspecified atom stereocenters. The van der Waals surface area contributed by atoms with Crippen LogP contribution >= 0.6 is 0 Å². The van der Waals surface area contributed by atoms with Crippen LogP contribution in [-0.2, 0) is 15.5 Å². The summed E-state index contributed by atoms with van der Waals surface area (Å²) in [6.45, 7) is 0.913. The maximum Gasteiger partial charge on any atom is 0.0700 e. The topological polar surface area (TPSA) is 52.3 Å². The van der Waals surface area contributed by atoms with Crippen LogP contribution in [0.15, 0.2) is 0 Å². The number of methoxy groups -OCH3 is 1. The molecule has 2 atom stereocenters. The number of rotatable bonds is 4. The molecule has 4 heteroatoms. The molecule has 0 rings (SSSR count). The second kappa shape index (κ2) is 4.90. The molecule has 56 valence electrons. The Morgan fingerprint density at radius 3 is 2.44 bits per heavy atom. The van der Waals surface area contributed by atoms with Gasteiger partial charge in [0, 0.05) is 30.7 Å². The predicted molar refractivity (Wildman–Crippen MR) is 38.8 cm³/mol. The van der Waals surface area contributed by atoms with Gasteiger partial charge in [-0.3, -0.25) is 4.21 Å². The van der Waals surface area contributed by atoms with E-state index >= 15 is 0 Å². The summed E-state index contributed by atoms with van der Waals surface area (Å²) >= 11 is 0. The van der Waals surface area contributed by atoms with Gasteiger partial charge in [0.25, 0.3) is 0 Å². The van der Waals surface area contributed by atoms with Gasteiger partial charge < -0.3 is 10.5 Å². The minimum absolute atomic E-state index is 0.00463. The molecule has 0 saturated carbocycles. The molecule has 0 aromatic rings. The van der Waals surface area contributed by atoms with Gasteiger partial charge in [0.2, 0.25) is 0 Å². The Labute approximate surface area is 58.0 Å². The highest BCUT2D eigenvalue weighted by Crippen LogP contribution is 1.90. The van der Waals surface area contributed by atoms with Crippen molar-refractivity contribution in [3.8, 4) is 0 Å². The van der Waals surface area contributed by atoms with Crippen molar-refractivity contribution in [2.45, 2.75) is 5.25 Å². The third-order valence-electron chi connectivity index (χ3n) is 1.08. The van der Waals surface area contributed by atoms with Crippen molar-refractivity contribution in [1.82, 2.24) is 0 Å². The first kappa shape index (κ1) is 9.07. The minimum atomic E-state index is -0.853. The van der Waals surface area contributed by atoms with Gasteiger partial charge in [0.05, 0.1) is 11.9 Å². The highest BCUT2D eigenvalue weighted by Gasteiger charge is 2.08. The van der Waals surface area contributed by atoms with Gasteiger partial charge >= 0.3 is 0 Å². The van der Waals surface area contributed by atoms with Crippen LogP contribution in [0.1, 0.15) is 0 Å². The lowest BCUT2D eigenvalue weighted by Crippen LogP contribution is -2.29. The summed E-state index contributed by atoms with van der Waals surface area (Å²) in [6, 6.07) is 0. The summed E-state index contributed by atoms with van der Waals surface area (Å²) < 4.78 is 15.5. The number of hydrogen-bond acceptors (Lipinski definition) is 3. The first-order chi connectivity index (χ1) is 4.22. The number of hydrogen-bond donors (Lipinski definition) is 1. The standard InChI is InChI=1S/C5H13NO2S/c1-8-4-5(3-6)9(2)7/h5H,3-4,6H2,1-2H3. The SMILES string of the molecule is COCC(CN)S(C)=O. The first-order valence-corrected chi connectivity index (χ1v) is 4.35. The van der Waals surface area contributed by atoms with Crippen LogP contribution in [0.3, 0.4) is 0 Å². The molecule has 0 saturated heterocycles. The number of nitrogens with two attached hydrogens (primary N) is 1. The predicted octanol–water partition coefficient (Wildman–Crippen LogP) is -0.661. The Balaban J connectivity index is 3.54. The molecule has 9 heavy (non-hydrogen) atoms. The van der Waals surface area contributed by atoms with Crippen LogP contribution in [-0.4, -0.2) is 36.0 Å². The lowest BCUT2D eigenvalue weighted by Gasteiger charge is -2.08. The average molecular weight is 151 g/mol. The highest BCUT2D eigenvalue weighted by molar-refractivity contribution is 7.84. The monoisotopic (exact) mass is 151 g/mol. The van der Waals surface area contributed by atoms with Crippen LogP contribution in [0.25, 0.3) is 0 Å². The van der Waals surface area contributed by atoms with Gasteiger partial charge in [0.15, 0.2) is 0 Å². The van der Waals surface area contributed by atoms with Crippen molar-refractivity contribution in [3.05, 3.63) is 0 Å². The molecule has 0 radical (unpaired) electrons. The Hall–Kier alpha value is 0.0700. The van der Waals surface area contributed by atoms with Gasteiger partial charge in [0.1, 0.15) is 0 Å². The average Bonchev–Trinajstić information content (AvgIpc) is 1.82. The minimum Gasteiger partial charge on any atom is -0.383 e. The molecular formula is C5H13NO2S. The van der Waals surface area contributed by atoms with E-state index < -0.39 is 10.8 Å². The summed E-state index contributed by atoms with van der Waals surface area (Å²) in [6.07, 6.45) is 1.64. The molecule has 0 aliphatic heterocycles. The highest BCUT2D eigenvalue weighted by atomic mass is 32.2. The lowest BCUT2D eigenvalue weighted by molar-refractivity contribution is 0.199. The van der Waals surface area contributed by atoms with Gasteiger partial charge in [-0.15, -0.1) is 0 Å². The van der Waals surface area contributed by atoms with Crippen molar-refractivity contribution in [2.75, 3.05) is 26.5 Å². The normalized spacial score (nSPS) is 17.2. The van der Waals surface area contributed by atoms with E-state index in [1.165, 1.54) is 0 Å². The Bertz CT molecular complexity index is 97.0. The van der Waals surface area contributed by atoms with Gasteiger partial charge in [-0.25, -0.2) is 0 Å². The second-order valence-corrected chi connectivity index (χ2v) is 3.48. The van der Waals surface area contributed by atoms with E-state index in [1.54, 1.807) is 13.4 Å². The summed E-state index contributed by atoms with van der Waals surface area (Å²) in [5, 5.41) is -0.00463. The fraction of sp³-hybridized carbons (Fsp3) is 1.00. The molecule has 0 aromatic carbocycles. The van der Waals surface area contributed by atoms with Crippen LogP contribution < -0.4 is 5.73 Å². The van der Waals surface area contributed by atoms with Crippen molar-refractivity contribution >= 4 is 10.8 Å². The zero-order chi connectivity index (χ0) is 7.28. The van der Waals surface area contributed by atoms with Crippen LogP contribution in [0.5, 0.6) is 0 Å². The van der Waals surface area contributed by atoms with E-state index in [1.807, 2.05) is 0 Å². The van der Waals surface area contributed by atoms with Crippen LogP contribution in [0, 0.1) is 0 Å². The Kier molecular flexibility index (Phi) is 4.94. The molecule has 0 aliphatic rings. The molecule has 0 heterocycles. The zero-order valence-electron chi connectivity index (χ0n) is 5.79. The molecule has 0 spiro atoms. The molecule has 3 nitrogen and oxygen atoms in total. The molecule has 2 N–H and O–H groups in total. The summed E-state index contributed by atoms with van der Waals surface area (Å²) in [5.74, 6) is 0. The van der Waals surface area contributed by atoms with Crippen molar-refractivity contribution in [2.24, 2.45) is 5.73 Å². The summed E-state index contributed by atoms with van der Waals surface area (Å²) in [5.41, 5.74) is 5.29. The third-order valence-corrected chi connectivity index (χ3v) is 2.35. The Morgan fingerprint density at radius 2 is 2.33 bits per heavy atom. The van der Waals surface area contributed by atoms with Gasteiger partial charge in [-0.1, -0.05) is 0 Å². The lowest BCUT2D eigenvalue weighted by atomic mass is 10.4. The zero-order valence-corrected chi connectivity index (χ0v) is 6.61. The van der Waals surface area contributed by atoms with Crippen LogP contribution in [0.4, 0.5) is 0 Å². The van der Waals surface area contributed by atoms with Crippen LogP contribution in [0.2, 0.25) is 0 Å². The molecule has 0 amide bonds. The second-order valence-electron chi connectivity index (χ2n) is 1.81. The molecular weight excluding hydrogens is 138 g/mol. The van der Waals surface area contributed by atoms with E-state index in [4.69, 9.17) is 10.5 Å². The van der Waals surface area contributed by atoms with Gasteiger partial charge in [-0.2, -0.15) is 0 Å². The van der Waals surface area contributed by atoms with Crippen molar-refractivity contribution < 1.29 is 8.95 Å². The van der Waals surface area contributed by atoms with E-state index in [0.29, 0.717) is 13.2 Å². The molecule has 0 aromatic heterocycles. The maximum absolute atomic E-state index is 10.7. The smallest absolute Gasteiger partial charge is 0.0700 e.